The number of aliphatic hydroxyl groups is 1. The standard InChI is InChI=1S/C22H22N2O7/c1-13-12-15(6-9-17(13)31-3)20(25)18-19(14-4-7-16(8-5-14)24(28)29)23(10-11-30-2)22(27)21(18)26/h4-9,12,19,25H,10-11H2,1-3H3/b20-18+/t19-/m0/s1. The van der Waals surface area contributed by atoms with Crippen molar-refractivity contribution in [3.8, 4) is 5.75 Å². The minimum atomic E-state index is -0.904. The van der Waals surface area contributed by atoms with E-state index in [1.807, 2.05) is 0 Å². The second-order valence-corrected chi connectivity index (χ2v) is 7.02. The van der Waals surface area contributed by atoms with Crippen LogP contribution >= 0.6 is 0 Å². The number of benzene rings is 2. The minimum Gasteiger partial charge on any atom is -0.507 e. The van der Waals surface area contributed by atoms with Crippen molar-refractivity contribution in [3.63, 3.8) is 0 Å². The molecule has 1 aliphatic rings. The Morgan fingerprint density at radius 1 is 1.16 bits per heavy atom. The Bertz CT molecular complexity index is 1060. The first-order valence-corrected chi connectivity index (χ1v) is 9.46. The molecule has 1 amide bonds. The van der Waals surface area contributed by atoms with E-state index in [1.54, 1.807) is 25.1 Å². The zero-order valence-corrected chi connectivity index (χ0v) is 17.3. The Hall–Kier alpha value is -3.72. The number of nitrogens with zero attached hydrogens (tertiary/aromatic N) is 2. The van der Waals surface area contributed by atoms with Crippen molar-refractivity contribution >= 4 is 23.1 Å². The predicted octanol–water partition coefficient (Wildman–Crippen LogP) is 2.98. The summed E-state index contributed by atoms with van der Waals surface area (Å²) in [4.78, 5) is 37.4. The number of aliphatic hydroxyl groups excluding tert-OH is 1. The number of likely N-dealkylation sites (tertiary alicyclic amines) is 1. The van der Waals surface area contributed by atoms with E-state index in [0.29, 0.717) is 16.9 Å². The summed E-state index contributed by atoms with van der Waals surface area (Å²) in [6.07, 6.45) is 0. The molecular weight excluding hydrogens is 404 g/mol. The van der Waals surface area contributed by atoms with Crippen LogP contribution in [0.25, 0.3) is 5.76 Å². The number of nitro groups is 1. The van der Waals surface area contributed by atoms with Crippen molar-refractivity contribution in [3.05, 3.63) is 74.8 Å². The minimum absolute atomic E-state index is 0.0838. The molecule has 1 aliphatic heterocycles. The molecular formula is C22H22N2O7. The lowest BCUT2D eigenvalue weighted by Crippen LogP contribution is -2.32. The molecule has 162 valence electrons. The number of hydrogen-bond acceptors (Lipinski definition) is 7. The van der Waals surface area contributed by atoms with E-state index >= 15 is 0 Å². The van der Waals surface area contributed by atoms with Gasteiger partial charge in [0.2, 0.25) is 0 Å². The molecule has 0 spiro atoms. The third-order valence-corrected chi connectivity index (χ3v) is 5.16. The number of carbonyl (C=O) groups excluding carboxylic acids is 2. The molecule has 3 rings (SSSR count). The maximum atomic E-state index is 12.9. The van der Waals surface area contributed by atoms with Crippen LogP contribution in [0.15, 0.2) is 48.0 Å². The topological polar surface area (TPSA) is 119 Å². The van der Waals surface area contributed by atoms with E-state index in [9.17, 15) is 24.8 Å². The summed E-state index contributed by atoms with van der Waals surface area (Å²) in [5.74, 6) is -1.31. The van der Waals surface area contributed by atoms with Gasteiger partial charge in [-0.25, -0.2) is 0 Å². The number of nitro benzene ring substituents is 1. The molecule has 9 nitrogen and oxygen atoms in total. The molecule has 1 heterocycles. The van der Waals surface area contributed by atoms with E-state index in [0.717, 1.165) is 5.56 Å². The first-order chi connectivity index (χ1) is 14.8. The quantitative estimate of drug-likeness (QED) is 0.238. The van der Waals surface area contributed by atoms with E-state index in [1.165, 1.54) is 43.4 Å². The lowest BCUT2D eigenvalue weighted by Gasteiger charge is -2.25. The molecule has 0 radical (unpaired) electrons. The number of Topliss-reactive ketones (excluding diaryl/α,β-unsaturated/α-hetero) is 1. The smallest absolute Gasteiger partial charge is 0.295 e. The average molecular weight is 426 g/mol. The van der Waals surface area contributed by atoms with E-state index in [-0.39, 0.29) is 30.2 Å². The van der Waals surface area contributed by atoms with Crippen LogP contribution < -0.4 is 4.74 Å². The number of ether oxygens (including phenoxy) is 2. The predicted molar refractivity (Wildman–Crippen MR) is 112 cm³/mol. The number of carbonyl (C=O) groups is 2. The Morgan fingerprint density at radius 2 is 1.84 bits per heavy atom. The molecule has 2 aromatic rings. The highest BCUT2D eigenvalue weighted by atomic mass is 16.6. The van der Waals surface area contributed by atoms with Crippen molar-refractivity contribution in [1.82, 2.24) is 4.90 Å². The van der Waals surface area contributed by atoms with E-state index in [4.69, 9.17) is 9.47 Å². The molecule has 0 bridgehead atoms. The van der Waals surface area contributed by atoms with Crippen molar-refractivity contribution < 1.29 is 29.1 Å². The highest BCUT2D eigenvalue weighted by Crippen LogP contribution is 2.40. The van der Waals surface area contributed by atoms with Crippen LogP contribution in [0.2, 0.25) is 0 Å². The van der Waals surface area contributed by atoms with Gasteiger partial charge in [-0.3, -0.25) is 19.7 Å². The Balaban J connectivity index is 2.15. The molecule has 0 unspecified atom stereocenters. The summed E-state index contributed by atoms with van der Waals surface area (Å²) in [5, 5.41) is 22.0. The first-order valence-electron chi connectivity index (χ1n) is 9.46. The molecule has 2 aromatic carbocycles. The van der Waals surface area contributed by atoms with Gasteiger partial charge >= 0.3 is 0 Å². The largest absolute Gasteiger partial charge is 0.507 e. The van der Waals surface area contributed by atoms with Crippen LogP contribution in [0.1, 0.15) is 22.7 Å². The molecule has 9 heteroatoms. The summed E-state index contributed by atoms with van der Waals surface area (Å²) >= 11 is 0. The summed E-state index contributed by atoms with van der Waals surface area (Å²) < 4.78 is 10.3. The number of rotatable bonds is 7. The van der Waals surface area contributed by atoms with Crippen molar-refractivity contribution in [2.45, 2.75) is 13.0 Å². The van der Waals surface area contributed by atoms with Gasteiger partial charge in [-0.1, -0.05) is 0 Å². The number of non-ortho nitro benzene ring substituents is 1. The number of methoxy groups -OCH3 is 2. The molecule has 31 heavy (non-hydrogen) atoms. The van der Waals surface area contributed by atoms with Gasteiger partial charge in [0.25, 0.3) is 17.4 Å². The van der Waals surface area contributed by atoms with Crippen molar-refractivity contribution in [2.75, 3.05) is 27.4 Å². The monoisotopic (exact) mass is 426 g/mol. The lowest BCUT2D eigenvalue weighted by atomic mass is 9.94. The third kappa shape index (κ3) is 4.13. The molecule has 0 aliphatic carbocycles. The summed E-state index contributed by atoms with van der Waals surface area (Å²) in [6, 6.07) is 9.54. The summed E-state index contributed by atoms with van der Waals surface area (Å²) in [7, 11) is 3.00. The van der Waals surface area contributed by atoms with Crippen LogP contribution in [-0.2, 0) is 14.3 Å². The number of hydrogen-bond donors (Lipinski definition) is 1. The number of aryl methyl sites for hydroxylation is 1. The first kappa shape index (κ1) is 22.0. The third-order valence-electron chi connectivity index (χ3n) is 5.16. The molecule has 1 saturated heterocycles. The maximum Gasteiger partial charge on any atom is 0.295 e. The van der Waals surface area contributed by atoms with E-state index in [2.05, 4.69) is 0 Å². The SMILES string of the molecule is COCCN1C(=O)C(=O)/C(=C(/O)c2ccc(OC)c(C)c2)[C@@H]1c1ccc([N+](=O)[O-])cc1. The van der Waals surface area contributed by atoms with Gasteiger partial charge in [-0.15, -0.1) is 0 Å². The summed E-state index contributed by atoms with van der Waals surface area (Å²) in [5.41, 5.74) is 1.36. The van der Waals surface area contributed by atoms with Crippen LogP contribution in [0.3, 0.4) is 0 Å². The van der Waals surface area contributed by atoms with Gasteiger partial charge in [-0.05, 0) is 48.4 Å². The van der Waals surface area contributed by atoms with Crippen LogP contribution in [0.4, 0.5) is 5.69 Å². The molecule has 1 atom stereocenters. The van der Waals surface area contributed by atoms with Gasteiger partial charge in [0, 0.05) is 31.4 Å². The van der Waals surface area contributed by atoms with Crippen LogP contribution in [0.5, 0.6) is 5.75 Å². The second-order valence-electron chi connectivity index (χ2n) is 7.02. The molecule has 1 fully saturated rings. The zero-order chi connectivity index (χ0) is 22.7. The fourth-order valence-corrected chi connectivity index (χ4v) is 3.61. The molecule has 0 aromatic heterocycles. The van der Waals surface area contributed by atoms with Crippen molar-refractivity contribution in [2.24, 2.45) is 0 Å². The van der Waals surface area contributed by atoms with Crippen LogP contribution in [0, 0.1) is 17.0 Å². The fraction of sp³-hybridized carbons (Fsp3) is 0.273. The van der Waals surface area contributed by atoms with Gasteiger partial charge in [0.15, 0.2) is 0 Å². The van der Waals surface area contributed by atoms with E-state index < -0.39 is 22.7 Å². The Labute approximate surface area is 178 Å². The van der Waals surface area contributed by atoms with Crippen LogP contribution in [-0.4, -0.2) is 54.0 Å². The van der Waals surface area contributed by atoms with Gasteiger partial charge in [0.05, 0.1) is 30.3 Å². The molecule has 0 saturated carbocycles. The van der Waals surface area contributed by atoms with Gasteiger partial charge in [-0.2, -0.15) is 0 Å². The van der Waals surface area contributed by atoms with Crippen molar-refractivity contribution in [1.29, 1.82) is 0 Å². The lowest BCUT2D eigenvalue weighted by molar-refractivity contribution is -0.384. The Kier molecular flexibility index (Phi) is 6.36. The van der Waals surface area contributed by atoms with Gasteiger partial charge < -0.3 is 19.5 Å². The average Bonchev–Trinajstić information content (AvgIpc) is 3.01. The number of ketones is 1. The zero-order valence-electron chi connectivity index (χ0n) is 17.3. The van der Waals surface area contributed by atoms with Gasteiger partial charge in [0.1, 0.15) is 11.5 Å². The fourth-order valence-electron chi connectivity index (χ4n) is 3.61. The normalized spacial score (nSPS) is 17.8. The second kappa shape index (κ2) is 8.97. The molecule has 1 N–H and O–H groups in total. The highest BCUT2D eigenvalue weighted by Gasteiger charge is 2.46. The highest BCUT2D eigenvalue weighted by molar-refractivity contribution is 6.46. The maximum absolute atomic E-state index is 12.9. The summed E-state index contributed by atoms with van der Waals surface area (Å²) in [6.45, 7) is 2.08. The number of amides is 1. The Morgan fingerprint density at radius 3 is 2.39 bits per heavy atom.